The highest BCUT2D eigenvalue weighted by atomic mass is 16.3. The Balaban J connectivity index is 4.31. The van der Waals surface area contributed by atoms with E-state index in [1.807, 2.05) is 6.08 Å². The van der Waals surface area contributed by atoms with E-state index in [2.05, 4.69) is 52.0 Å². The maximum atomic E-state index is 12.4. The van der Waals surface area contributed by atoms with Gasteiger partial charge in [-0.05, 0) is 99.3 Å². The number of amides is 1. The highest BCUT2D eigenvalue weighted by molar-refractivity contribution is 5.92. The van der Waals surface area contributed by atoms with Gasteiger partial charge in [-0.3, -0.25) is 4.79 Å². The van der Waals surface area contributed by atoms with Crippen molar-refractivity contribution in [2.75, 3.05) is 26.3 Å². The molecule has 0 heterocycles. The molecule has 0 aliphatic carbocycles. The van der Waals surface area contributed by atoms with Gasteiger partial charge in [-0.15, -0.1) is 0 Å². The first-order chi connectivity index (χ1) is 17.6. The van der Waals surface area contributed by atoms with Gasteiger partial charge in [-0.2, -0.15) is 0 Å². The van der Waals surface area contributed by atoms with Crippen molar-refractivity contribution in [1.82, 2.24) is 4.90 Å². The van der Waals surface area contributed by atoms with Crippen molar-refractivity contribution in [2.24, 2.45) is 0 Å². The standard InChI is InChI=1S/C32H53NO4/c1-26(12-7-13-27(2)15-9-17-29(4)19-11-21-31(6)36)14-8-16-28(3)18-10-20-30(5)32(37)33(22-24-34)23-25-35/h12,15-16,19-20,34-35H,7-11,13-14,17-18,21-25H2,1-6H3/b26-12+,27-15+,28-16+,29-19+,30-20+. The molecule has 0 aromatic carbocycles. The third-order valence-electron chi connectivity index (χ3n) is 6.44. The number of hydrogen-bond acceptors (Lipinski definition) is 4. The molecule has 0 radical (unpaired) electrons. The fourth-order valence-corrected chi connectivity index (χ4v) is 3.98. The third-order valence-corrected chi connectivity index (χ3v) is 6.44. The summed E-state index contributed by atoms with van der Waals surface area (Å²) in [5.41, 5.74) is 6.22. The van der Waals surface area contributed by atoms with Gasteiger partial charge in [-0.25, -0.2) is 0 Å². The summed E-state index contributed by atoms with van der Waals surface area (Å²) in [4.78, 5) is 24.9. The predicted molar refractivity (Wildman–Crippen MR) is 156 cm³/mol. The van der Waals surface area contributed by atoms with E-state index >= 15 is 0 Å². The second-order valence-corrected chi connectivity index (χ2v) is 10.2. The van der Waals surface area contributed by atoms with Crippen LogP contribution in [0.15, 0.2) is 58.2 Å². The van der Waals surface area contributed by atoms with E-state index in [0.717, 1.165) is 57.8 Å². The first-order valence-electron chi connectivity index (χ1n) is 13.9. The number of aliphatic hydroxyl groups excluding tert-OH is 2. The van der Waals surface area contributed by atoms with Gasteiger partial charge in [-0.1, -0.05) is 52.7 Å². The summed E-state index contributed by atoms with van der Waals surface area (Å²) >= 11 is 0. The number of Topliss-reactive ketones (excluding diaryl/α,β-unsaturated/α-hetero) is 1. The van der Waals surface area contributed by atoms with Gasteiger partial charge >= 0.3 is 0 Å². The molecular weight excluding hydrogens is 462 g/mol. The number of ketones is 1. The van der Waals surface area contributed by atoms with E-state index in [4.69, 9.17) is 10.2 Å². The molecule has 0 unspecified atom stereocenters. The molecule has 0 aromatic heterocycles. The molecule has 37 heavy (non-hydrogen) atoms. The Hall–Kier alpha value is -2.24. The molecule has 0 aliphatic heterocycles. The fraction of sp³-hybridized carbons (Fsp3) is 0.625. The minimum absolute atomic E-state index is 0.104. The van der Waals surface area contributed by atoms with E-state index in [0.29, 0.717) is 12.0 Å². The second kappa shape index (κ2) is 21.8. The molecule has 1 amide bonds. The van der Waals surface area contributed by atoms with E-state index in [1.165, 1.54) is 27.2 Å². The maximum absolute atomic E-state index is 12.4. The molecule has 2 N–H and O–H groups in total. The first-order valence-corrected chi connectivity index (χ1v) is 13.9. The molecule has 0 aromatic rings. The molecule has 0 rings (SSSR count). The maximum Gasteiger partial charge on any atom is 0.249 e. The summed E-state index contributed by atoms with van der Waals surface area (Å²) in [5, 5.41) is 18.2. The third kappa shape index (κ3) is 19.5. The Bertz CT molecular complexity index is 824. The zero-order valence-electron chi connectivity index (χ0n) is 24.4. The van der Waals surface area contributed by atoms with Crippen LogP contribution in [0.1, 0.15) is 106 Å². The van der Waals surface area contributed by atoms with Gasteiger partial charge in [0.1, 0.15) is 5.78 Å². The first kappa shape index (κ1) is 34.8. The van der Waals surface area contributed by atoms with Crippen LogP contribution in [0.3, 0.4) is 0 Å². The summed E-state index contributed by atoms with van der Waals surface area (Å²) in [6.45, 7) is 12.4. The summed E-state index contributed by atoms with van der Waals surface area (Å²) in [7, 11) is 0. The van der Waals surface area contributed by atoms with Crippen LogP contribution in [0.2, 0.25) is 0 Å². The average Bonchev–Trinajstić information content (AvgIpc) is 2.83. The number of carbonyl (C=O) groups excluding carboxylic acids is 2. The summed E-state index contributed by atoms with van der Waals surface area (Å²) < 4.78 is 0. The Morgan fingerprint density at radius 2 is 0.865 bits per heavy atom. The molecule has 0 saturated carbocycles. The molecule has 5 heteroatoms. The number of aliphatic hydroxyl groups is 2. The normalized spacial score (nSPS) is 13.8. The lowest BCUT2D eigenvalue weighted by Crippen LogP contribution is -2.36. The van der Waals surface area contributed by atoms with Crippen molar-refractivity contribution in [1.29, 1.82) is 0 Å². The van der Waals surface area contributed by atoms with Crippen molar-refractivity contribution in [3.05, 3.63) is 58.2 Å². The minimum Gasteiger partial charge on any atom is -0.395 e. The molecule has 0 saturated heterocycles. The Kier molecular flexibility index (Phi) is 20.5. The second-order valence-electron chi connectivity index (χ2n) is 10.2. The molecule has 0 aliphatic rings. The van der Waals surface area contributed by atoms with Gasteiger partial charge in [0.2, 0.25) is 5.91 Å². The quantitative estimate of drug-likeness (QED) is 0.135. The highest BCUT2D eigenvalue weighted by Crippen LogP contribution is 2.15. The summed E-state index contributed by atoms with van der Waals surface area (Å²) in [5.74, 6) is 0.133. The number of allylic oxidation sites excluding steroid dienone is 9. The molecular formula is C32H53NO4. The highest BCUT2D eigenvalue weighted by Gasteiger charge is 2.13. The number of nitrogens with zero attached hydrogens (tertiary/aromatic N) is 1. The fourth-order valence-electron chi connectivity index (χ4n) is 3.98. The van der Waals surface area contributed by atoms with Crippen molar-refractivity contribution in [3.8, 4) is 0 Å². The van der Waals surface area contributed by atoms with Gasteiger partial charge < -0.3 is 19.9 Å². The van der Waals surface area contributed by atoms with Gasteiger partial charge in [0.05, 0.1) is 13.2 Å². The smallest absolute Gasteiger partial charge is 0.249 e. The molecule has 0 fully saturated rings. The van der Waals surface area contributed by atoms with Crippen LogP contribution in [0.5, 0.6) is 0 Å². The topological polar surface area (TPSA) is 77.8 Å². The van der Waals surface area contributed by atoms with Gasteiger partial charge in [0.25, 0.3) is 0 Å². The van der Waals surface area contributed by atoms with Crippen LogP contribution in [-0.2, 0) is 9.59 Å². The van der Waals surface area contributed by atoms with Crippen LogP contribution in [0, 0.1) is 0 Å². The summed E-state index contributed by atoms with van der Waals surface area (Å²) in [6, 6.07) is 0. The molecule has 5 nitrogen and oxygen atoms in total. The lowest BCUT2D eigenvalue weighted by atomic mass is 10.0. The van der Waals surface area contributed by atoms with E-state index in [9.17, 15) is 9.59 Å². The van der Waals surface area contributed by atoms with Crippen LogP contribution in [0.25, 0.3) is 0 Å². The number of hydrogen-bond donors (Lipinski definition) is 2. The van der Waals surface area contributed by atoms with E-state index in [-0.39, 0.29) is 38.0 Å². The van der Waals surface area contributed by atoms with Crippen LogP contribution >= 0.6 is 0 Å². The van der Waals surface area contributed by atoms with Crippen molar-refractivity contribution in [3.63, 3.8) is 0 Å². The average molecular weight is 516 g/mol. The van der Waals surface area contributed by atoms with Crippen LogP contribution < -0.4 is 0 Å². The molecule has 210 valence electrons. The van der Waals surface area contributed by atoms with Gasteiger partial charge in [0, 0.05) is 25.1 Å². The number of carbonyl (C=O) groups is 2. The lowest BCUT2D eigenvalue weighted by Gasteiger charge is -2.20. The van der Waals surface area contributed by atoms with Crippen molar-refractivity contribution >= 4 is 11.7 Å². The molecule has 0 bridgehead atoms. The van der Waals surface area contributed by atoms with Crippen molar-refractivity contribution < 1.29 is 19.8 Å². The van der Waals surface area contributed by atoms with E-state index in [1.54, 1.807) is 13.8 Å². The Labute approximate surface area is 226 Å². The number of rotatable bonds is 20. The van der Waals surface area contributed by atoms with E-state index < -0.39 is 0 Å². The lowest BCUT2D eigenvalue weighted by molar-refractivity contribution is -0.128. The minimum atomic E-state index is -0.122. The predicted octanol–water partition coefficient (Wildman–Crippen LogP) is 7.02. The van der Waals surface area contributed by atoms with Crippen molar-refractivity contribution in [2.45, 2.75) is 106 Å². The largest absolute Gasteiger partial charge is 0.395 e. The zero-order chi connectivity index (χ0) is 28.1. The molecule has 0 atom stereocenters. The van der Waals surface area contributed by atoms with Gasteiger partial charge in [0.15, 0.2) is 0 Å². The Morgan fingerprint density at radius 1 is 0.541 bits per heavy atom. The molecule has 0 spiro atoms. The monoisotopic (exact) mass is 515 g/mol. The SMILES string of the molecule is CC(=O)CC/C=C(\C)CC/C=C(\C)CC/C=C(\C)CC/C=C(\C)CC/C=C(\C)C(=O)N(CCO)CCO. The zero-order valence-corrected chi connectivity index (χ0v) is 24.4. The Morgan fingerprint density at radius 3 is 1.19 bits per heavy atom. The van der Waals surface area contributed by atoms with Crippen LogP contribution in [0.4, 0.5) is 0 Å². The summed E-state index contributed by atoms with van der Waals surface area (Å²) in [6.07, 6.45) is 20.8. The van der Waals surface area contributed by atoms with Crippen LogP contribution in [-0.4, -0.2) is 53.1 Å².